The summed E-state index contributed by atoms with van der Waals surface area (Å²) in [5.74, 6) is -0.124. The Labute approximate surface area is 167 Å². The van der Waals surface area contributed by atoms with Crippen molar-refractivity contribution in [3.8, 4) is 11.4 Å². The maximum Gasteiger partial charge on any atom is 0.267 e. The van der Waals surface area contributed by atoms with Crippen molar-refractivity contribution in [3.05, 3.63) is 72.3 Å². The lowest BCUT2D eigenvalue weighted by atomic mass is 10.1. The maximum atomic E-state index is 13.0. The van der Waals surface area contributed by atoms with Gasteiger partial charge in [-0.1, -0.05) is 6.07 Å². The molecule has 1 unspecified atom stereocenters. The molecule has 8 heteroatoms. The maximum absolute atomic E-state index is 13.0. The molecule has 0 radical (unpaired) electrons. The van der Waals surface area contributed by atoms with Gasteiger partial charge in [-0.2, -0.15) is 5.10 Å². The summed E-state index contributed by atoms with van der Waals surface area (Å²) in [5.41, 5.74) is 6.87. The summed E-state index contributed by atoms with van der Waals surface area (Å²) in [7, 11) is 0. The van der Waals surface area contributed by atoms with Gasteiger partial charge < -0.3 is 15.4 Å². The monoisotopic (exact) mass is 391 g/mol. The van der Waals surface area contributed by atoms with Gasteiger partial charge in [-0.25, -0.2) is 4.68 Å². The van der Waals surface area contributed by atoms with Crippen LogP contribution in [0.15, 0.2) is 61.1 Å². The Bertz CT molecular complexity index is 1020. The first-order chi connectivity index (χ1) is 14.1. The number of nitrogens with zero attached hydrogens (tertiary/aromatic N) is 4. The topological polar surface area (TPSA) is 103 Å². The molecule has 0 saturated carbocycles. The number of likely N-dealkylation sites (tertiary alicyclic amines) is 1. The molecule has 3 heterocycles. The van der Waals surface area contributed by atoms with Crippen molar-refractivity contribution in [2.45, 2.75) is 18.9 Å². The highest BCUT2D eigenvalue weighted by atomic mass is 16.5. The summed E-state index contributed by atoms with van der Waals surface area (Å²) in [6.07, 6.45) is 6.52. The second-order valence-electron chi connectivity index (χ2n) is 6.88. The fraction of sp³-hybridized carbons (Fsp3) is 0.238. The van der Waals surface area contributed by atoms with Crippen LogP contribution in [0.1, 0.15) is 33.7 Å². The van der Waals surface area contributed by atoms with Crippen molar-refractivity contribution in [1.29, 1.82) is 0 Å². The molecular weight excluding hydrogens is 370 g/mol. The molecule has 1 saturated heterocycles. The second kappa shape index (κ2) is 8.14. The van der Waals surface area contributed by atoms with E-state index in [2.05, 4.69) is 10.1 Å². The Balaban J connectivity index is 1.46. The minimum atomic E-state index is -0.604. The van der Waals surface area contributed by atoms with Crippen LogP contribution in [-0.4, -0.2) is 50.7 Å². The van der Waals surface area contributed by atoms with E-state index in [9.17, 15) is 9.59 Å². The van der Waals surface area contributed by atoms with E-state index in [0.29, 0.717) is 24.4 Å². The number of piperidine rings is 1. The molecule has 148 valence electrons. The van der Waals surface area contributed by atoms with Crippen LogP contribution in [0.2, 0.25) is 0 Å². The number of aromatic nitrogens is 3. The van der Waals surface area contributed by atoms with Crippen molar-refractivity contribution >= 4 is 11.8 Å². The standard InChI is InChI=1S/C21H21N5O3/c22-20(27)19-13-17(7-9-23-19)29-18-6-2-10-25(14-18)21(28)15-4-1-5-16(12-15)26-11-3-8-24-26/h1,3-5,7-9,11-13,18H,2,6,10,14H2,(H2,22,27). The minimum absolute atomic E-state index is 0.0418. The molecule has 3 aromatic rings. The Morgan fingerprint density at radius 3 is 2.83 bits per heavy atom. The molecule has 1 aliphatic rings. The normalized spacial score (nSPS) is 16.4. The van der Waals surface area contributed by atoms with Crippen LogP contribution < -0.4 is 10.5 Å². The predicted molar refractivity (Wildman–Crippen MR) is 106 cm³/mol. The first-order valence-electron chi connectivity index (χ1n) is 9.42. The number of nitrogens with two attached hydrogens (primary N) is 1. The van der Waals surface area contributed by atoms with Gasteiger partial charge in [0.25, 0.3) is 11.8 Å². The summed E-state index contributed by atoms with van der Waals surface area (Å²) < 4.78 is 7.71. The fourth-order valence-corrected chi connectivity index (χ4v) is 3.42. The van der Waals surface area contributed by atoms with Gasteiger partial charge in [0.2, 0.25) is 0 Å². The lowest BCUT2D eigenvalue weighted by molar-refractivity contribution is 0.0537. The number of hydrogen-bond acceptors (Lipinski definition) is 5. The van der Waals surface area contributed by atoms with E-state index < -0.39 is 5.91 Å². The average molecular weight is 391 g/mol. The van der Waals surface area contributed by atoms with Crippen molar-refractivity contribution < 1.29 is 14.3 Å². The fourth-order valence-electron chi connectivity index (χ4n) is 3.42. The van der Waals surface area contributed by atoms with Gasteiger partial charge in [-0.15, -0.1) is 0 Å². The zero-order valence-corrected chi connectivity index (χ0v) is 15.8. The van der Waals surface area contributed by atoms with Crippen LogP contribution >= 0.6 is 0 Å². The largest absolute Gasteiger partial charge is 0.488 e. The molecule has 2 N–H and O–H groups in total. The Hall–Kier alpha value is -3.68. The molecule has 1 aromatic carbocycles. The molecule has 2 aromatic heterocycles. The van der Waals surface area contributed by atoms with E-state index in [-0.39, 0.29) is 17.7 Å². The Kier molecular flexibility index (Phi) is 5.24. The number of carbonyl (C=O) groups excluding carboxylic acids is 2. The average Bonchev–Trinajstić information content (AvgIpc) is 3.29. The number of carbonyl (C=O) groups is 2. The molecule has 2 amide bonds. The molecule has 1 aliphatic heterocycles. The predicted octanol–water partition coefficient (Wildman–Crippen LogP) is 2.05. The van der Waals surface area contributed by atoms with Gasteiger partial charge in [0.05, 0.1) is 12.2 Å². The highest BCUT2D eigenvalue weighted by molar-refractivity contribution is 5.95. The van der Waals surface area contributed by atoms with Crippen LogP contribution in [0.25, 0.3) is 5.69 Å². The molecule has 0 aliphatic carbocycles. The Morgan fingerprint density at radius 1 is 1.14 bits per heavy atom. The van der Waals surface area contributed by atoms with Gasteiger partial charge in [-0.3, -0.25) is 14.6 Å². The summed E-state index contributed by atoms with van der Waals surface area (Å²) in [4.78, 5) is 30.1. The SMILES string of the molecule is NC(=O)c1cc(OC2CCCN(C(=O)c3cccc(-n4cccn4)c3)C2)ccn1. The molecule has 8 nitrogen and oxygen atoms in total. The van der Waals surface area contributed by atoms with E-state index in [4.69, 9.17) is 10.5 Å². The van der Waals surface area contributed by atoms with Gasteiger partial charge in [-0.05, 0) is 43.2 Å². The van der Waals surface area contributed by atoms with Crippen LogP contribution in [0.5, 0.6) is 5.75 Å². The first-order valence-corrected chi connectivity index (χ1v) is 9.42. The van der Waals surface area contributed by atoms with E-state index in [1.165, 1.54) is 12.3 Å². The minimum Gasteiger partial charge on any atom is -0.488 e. The smallest absolute Gasteiger partial charge is 0.267 e. The van der Waals surface area contributed by atoms with Gasteiger partial charge >= 0.3 is 0 Å². The molecule has 0 spiro atoms. The number of ether oxygens (including phenoxy) is 1. The lowest BCUT2D eigenvalue weighted by Gasteiger charge is -2.33. The van der Waals surface area contributed by atoms with Crippen molar-refractivity contribution in [2.24, 2.45) is 5.73 Å². The van der Waals surface area contributed by atoms with Crippen LogP contribution in [0.3, 0.4) is 0 Å². The summed E-state index contributed by atoms with van der Waals surface area (Å²) in [6.45, 7) is 1.15. The van der Waals surface area contributed by atoms with E-state index in [1.807, 2.05) is 36.5 Å². The number of benzene rings is 1. The zero-order chi connectivity index (χ0) is 20.2. The van der Waals surface area contributed by atoms with Gasteiger partial charge in [0, 0.05) is 36.8 Å². The molecule has 0 bridgehead atoms. The number of hydrogen-bond donors (Lipinski definition) is 1. The van der Waals surface area contributed by atoms with Crippen molar-refractivity contribution in [2.75, 3.05) is 13.1 Å². The van der Waals surface area contributed by atoms with Crippen LogP contribution in [0, 0.1) is 0 Å². The summed E-state index contributed by atoms with van der Waals surface area (Å²) in [6, 6.07) is 12.4. The van der Waals surface area contributed by atoms with E-state index in [1.54, 1.807) is 21.8 Å². The molecule has 29 heavy (non-hydrogen) atoms. The molecule has 4 rings (SSSR count). The number of rotatable bonds is 5. The van der Waals surface area contributed by atoms with Crippen molar-refractivity contribution in [3.63, 3.8) is 0 Å². The van der Waals surface area contributed by atoms with Crippen LogP contribution in [0.4, 0.5) is 0 Å². The highest BCUT2D eigenvalue weighted by Crippen LogP contribution is 2.21. The quantitative estimate of drug-likeness (QED) is 0.717. The summed E-state index contributed by atoms with van der Waals surface area (Å²) in [5, 5.41) is 4.21. The Morgan fingerprint density at radius 2 is 2.03 bits per heavy atom. The molecule has 1 atom stereocenters. The van der Waals surface area contributed by atoms with Crippen LogP contribution in [-0.2, 0) is 0 Å². The third-order valence-electron chi connectivity index (χ3n) is 4.81. The number of primary amides is 1. The first kappa shape index (κ1) is 18.7. The third-order valence-corrected chi connectivity index (χ3v) is 4.81. The second-order valence-corrected chi connectivity index (χ2v) is 6.88. The van der Waals surface area contributed by atoms with E-state index >= 15 is 0 Å². The van der Waals surface area contributed by atoms with E-state index in [0.717, 1.165) is 18.5 Å². The number of amides is 2. The van der Waals surface area contributed by atoms with Gasteiger partial charge in [0.15, 0.2) is 0 Å². The van der Waals surface area contributed by atoms with Crippen molar-refractivity contribution in [1.82, 2.24) is 19.7 Å². The molecule has 1 fully saturated rings. The third kappa shape index (κ3) is 4.26. The zero-order valence-electron chi connectivity index (χ0n) is 15.8. The van der Waals surface area contributed by atoms with Gasteiger partial charge in [0.1, 0.15) is 17.5 Å². The number of pyridine rings is 1. The highest BCUT2D eigenvalue weighted by Gasteiger charge is 2.26. The molecular formula is C21H21N5O3. The summed E-state index contributed by atoms with van der Waals surface area (Å²) >= 11 is 0. The lowest BCUT2D eigenvalue weighted by Crippen LogP contribution is -2.44.